The van der Waals surface area contributed by atoms with Crippen LogP contribution >= 0.6 is 0 Å². The maximum Gasteiger partial charge on any atom is 0.314 e. The normalized spacial score (nSPS) is 8.93. The molecule has 3 amide bonds. The number of urea groups is 1. The Morgan fingerprint density at radius 2 is 0.651 bits per heavy atom. The SMILES string of the molecule is CC(C)=O.CC(C)=O.CNC(=O)NC.CNC(C)=O.CNS(=O)(=O)NC.CNS(C)(=O)=O.CNS(C)(=O)=O.COC(C)=O. The van der Waals surface area contributed by atoms with Gasteiger partial charge in [-0.05, 0) is 41.8 Å². The topological polar surface area (TPSA) is 281 Å². The van der Waals surface area contributed by atoms with Crippen LogP contribution in [0.4, 0.5) is 4.79 Å². The summed E-state index contributed by atoms with van der Waals surface area (Å²) in [4.78, 5) is 48.1. The highest BCUT2D eigenvalue weighted by Crippen LogP contribution is 1.64. The van der Waals surface area contributed by atoms with Crippen LogP contribution in [0.25, 0.3) is 0 Å². The first-order valence-electron chi connectivity index (χ1n) is 11.5. The number of hydrogen-bond acceptors (Lipinski definition) is 12. The second-order valence-corrected chi connectivity index (χ2v) is 12.7. The molecule has 0 aromatic rings. The fourth-order valence-corrected chi connectivity index (χ4v) is 0.431. The van der Waals surface area contributed by atoms with E-state index in [4.69, 9.17) is 0 Å². The van der Waals surface area contributed by atoms with Crippen molar-refractivity contribution in [2.45, 2.75) is 41.5 Å². The highest BCUT2D eigenvalue weighted by atomic mass is 32.2. The summed E-state index contributed by atoms with van der Waals surface area (Å²) in [6.45, 7) is 8.94. The Bertz CT molecular complexity index is 952. The number of rotatable bonds is 4. The minimum atomic E-state index is -3.16. The van der Waals surface area contributed by atoms with Gasteiger partial charge in [0, 0.05) is 49.1 Å². The van der Waals surface area contributed by atoms with E-state index < -0.39 is 30.3 Å². The lowest BCUT2D eigenvalue weighted by atomic mass is 10.6. The van der Waals surface area contributed by atoms with Crippen LogP contribution < -0.4 is 34.8 Å². The van der Waals surface area contributed by atoms with Gasteiger partial charge < -0.3 is 30.3 Å². The molecule has 43 heavy (non-hydrogen) atoms. The zero-order chi connectivity index (χ0) is 37.0. The third kappa shape index (κ3) is 183. The molecule has 0 aliphatic heterocycles. The molecule has 0 heterocycles. The number of carbonyl (C=O) groups is 5. The predicted octanol–water partition coefficient (Wildman–Crippen LogP) is -2.33. The van der Waals surface area contributed by atoms with E-state index in [1.54, 1.807) is 21.1 Å². The van der Waals surface area contributed by atoms with Crippen molar-refractivity contribution < 1.29 is 54.0 Å². The van der Waals surface area contributed by atoms with Gasteiger partial charge in [-0.15, -0.1) is 0 Å². The number of carbonyl (C=O) groups excluding carboxylic acids is 5. The summed E-state index contributed by atoms with van der Waals surface area (Å²) < 4.78 is 72.2. The Labute approximate surface area is 258 Å². The summed E-state index contributed by atoms with van der Waals surface area (Å²) in [5.41, 5.74) is 0. The zero-order valence-corrected chi connectivity index (χ0v) is 30.6. The average Bonchev–Trinajstić information content (AvgIpc) is 2.88. The molecular weight excluding hydrogens is 638 g/mol. The van der Waals surface area contributed by atoms with Gasteiger partial charge in [0.15, 0.2) is 0 Å². The maximum absolute atomic E-state index is 10.1. The highest BCUT2D eigenvalue weighted by Gasteiger charge is 1.96. The number of nitrogens with one attached hydrogen (secondary N) is 7. The van der Waals surface area contributed by atoms with E-state index in [0.29, 0.717) is 0 Å². The Morgan fingerprint density at radius 3 is 0.651 bits per heavy atom. The Kier molecular flexibility index (Phi) is 54.4. The van der Waals surface area contributed by atoms with Crippen LogP contribution in [-0.2, 0) is 54.2 Å². The Hall–Kier alpha value is -2.76. The number of methoxy groups -OCH3 is 1. The highest BCUT2D eigenvalue weighted by molar-refractivity contribution is 7.89. The predicted molar refractivity (Wildman–Crippen MR) is 169 cm³/mol. The molecule has 7 N–H and O–H groups in total. The third-order valence-electron chi connectivity index (χ3n) is 2.37. The van der Waals surface area contributed by atoms with Crippen LogP contribution in [0.1, 0.15) is 41.5 Å². The molecule has 0 aromatic carbocycles. The number of sulfonamides is 2. The Balaban J connectivity index is -0.0000000546. The molecule has 0 rings (SSSR count). The van der Waals surface area contributed by atoms with Gasteiger partial charge in [0.25, 0.3) is 10.2 Å². The first kappa shape index (κ1) is 59.6. The molecule has 0 radical (unpaired) electrons. The van der Waals surface area contributed by atoms with Crippen LogP contribution in [0.3, 0.4) is 0 Å². The van der Waals surface area contributed by atoms with Gasteiger partial charge in [0.1, 0.15) is 11.6 Å². The number of ether oxygens (including phenoxy) is 1. The number of hydrogen-bond donors (Lipinski definition) is 7. The summed E-state index contributed by atoms with van der Waals surface area (Å²) in [6, 6.07) is -0.157. The molecule has 19 nitrogen and oxygen atoms in total. The molecule has 0 bridgehead atoms. The van der Waals surface area contributed by atoms with Crippen molar-refractivity contribution in [3.8, 4) is 0 Å². The maximum atomic E-state index is 10.1. The molecular formula is C21H55N7O12S3. The smallest absolute Gasteiger partial charge is 0.314 e. The van der Waals surface area contributed by atoms with E-state index >= 15 is 0 Å². The van der Waals surface area contributed by atoms with E-state index in [1.165, 1.54) is 76.8 Å². The average molecular weight is 694 g/mol. The summed E-state index contributed by atoms with van der Waals surface area (Å²) >= 11 is 0. The molecule has 0 aliphatic rings. The third-order valence-corrected chi connectivity index (χ3v) is 4.93. The van der Waals surface area contributed by atoms with Gasteiger partial charge >= 0.3 is 12.0 Å². The first-order chi connectivity index (χ1) is 19.1. The monoisotopic (exact) mass is 693 g/mol. The summed E-state index contributed by atoms with van der Waals surface area (Å²) in [5, 5.41) is 7.12. The van der Waals surface area contributed by atoms with Crippen molar-refractivity contribution in [3.63, 3.8) is 0 Å². The summed E-state index contributed by atoms with van der Waals surface area (Å²) in [7, 11) is 2.52. The van der Waals surface area contributed by atoms with Gasteiger partial charge in [-0.25, -0.2) is 40.5 Å². The minimum absolute atomic E-state index is 0.00463. The van der Waals surface area contributed by atoms with Crippen molar-refractivity contribution in [2.24, 2.45) is 0 Å². The van der Waals surface area contributed by atoms with E-state index in [0.717, 1.165) is 12.5 Å². The lowest BCUT2D eigenvalue weighted by Crippen LogP contribution is -2.30. The van der Waals surface area contributed by atoms with Gasteiger partial charge in [0.2, 0.25) is 26.0 Å². The number of Topliss-reactive ketones (excluding diaryl/α,β-unsaturated/α-hetero) is 2. The van der Waals surface area contributed by atoms with Crippen LogP contribution in [0.5, 0.6) is 0 Å². The van der Waals surface area contributed by atoms with E-state index in [9.17, 15) is 49.2 Å². The van der Waals surface area contributed by atoms with Crippen LogP contribution in [0, 0.1) is 0 Å². The Morgan fingerprint density at radius 1 is 0.488 bits per heavy atom. The molecule has 0 unspecified atom stereocenters. The number of ketones is 2. The van der Waals surface area contributed by atoms with E-state index in [1.807, 2.05) is 0 Å². The number of amides is 3. The van der Waals surface area contributed by atoms with Crippen molar-refractivity contribution in [2.75, 3.05) is 69.0 Å². The fraction of sp³-hybridized carbons (Fsp3) is 0.762. The summed E-state index contributed by atoms with van der Waals surface area (Å²) in [5.74, 6) is 0.0926. The van der Waals surface area contributed by atoms with Gasteiger partial charge in [-0.2, -0.15) is 8.42 Å². The van der Waals surface area contributed by atoms with E-state index in [2.05, 4.69) is 39.6 Å². The van der Waals surface area contributed by atoms with Crippen molar-refractivity contribution in [1.82, 2.24) is 34.8 Å². The van der Waals surface area contributed by atoms with Crippen LogP contribution in [0.2, 0.25) is 0 Å². The molecule has 0 fully saturated rings. The van der Waals surface area contributed by atoms with Crippen molar-refractivity contribution in [3.05, 3.63) is 0 Å². The lowest BCUT2D eigenvalue weighted by molar-refractivity contribution is -0.138. The minimum Gasteiger partial charge on any atom is -0.469 e. The molecule has 0 saturated heterocycles. The molecule has 0 saturated carbocycles. The molecule has 22 heteroatoms. The molecule has 0 aromatic heterocycles. The zero-order valence-electron chi connectivity index (χ0n) is 28.1. The van der Waals surface area contributed by atoms with Gasteiger partial charge in [-0.1, -0.05) is 0 Å². The van der Waals surface area contributed by atoms with Crippen molar-refractivity contribution >= 4 is 59.7 Å². The fourth-order valence-electron chi connectivity index (χ4n) is 0.227. The van der Waals surface area contributed by atoms with Gasteiger partial charge in [0.05, 0.1) is 19.6 Å². The quantitative estimate of drug-likeness (QED) is 0.153. The van der Waals surface area contributed by atoms with Crippen molar-refractivity contribution in [1.29, 1.82) is 0 Å². The molecule has 0 atom stereocenters. The largest absolute Gasteiger partial charge is 0.469 e. The lowest BCUT2D eigenvalue weighted by Gasteiger charge is -1.94. The molecule has 0 spiro atoms. The second kappa shape index (κ2) is 39.2. The van der Waals surface area contributed by atoms with Gasteiger partial charge in [-0.3, -0.25) is 9.59 Å². The molecule has 0 aliphatic carbocycles. The standard InChI is InChI=1S/C3H8N2O.C3H7NO.C3H6O2.2C3H6O.C2H8N2O2S.2C2H7NO2S/c1-4-3(6)5-2;1-3(5)4-2;1-3(4)5-2;2*1-3(2)4;1-3-7(5,6)4-2;2*1-3-6(2,4)5/h1-2H3,(H2,4,5,6);1-2H3,(H,4,5);1-2H3;2*1-2H3;3-4H,1-2H3;2*3H,1-2H3. The van der Waals surface area contributed by atoms with E-state index in [-0.39, 0.29) is 29.5 Å². The van der Waals surface area contributed by atoms with Crippen LogP contribution in [0.15, 0.2) is 0 Å². The summed E-state index contributed by atoms with van der Waals surface area (Å²) in [6.07, 6.45) is 2.21. The molecule has 264 valence electrons. The van der Waals surface area contributed by atoms with Crippen LogP contribution in [-0.4, -0.2) is 124 Å². The second-order valence-electron chi connectivity index (χ2n) is 7.01. The first-order valence-corrected chi connectivity index (χ1v) is 16.8. The number of esters is 1.